The molecule has 2 amide bonds. The summed E-state index contributed by atoms with van der Waals surface area (Å²) in [7, 11) is 3.13. The Kier molecular flexibility index (Phi) is 6.58. The maximum Gasteiger partial charge on any atom is 0.326 e. The van der Waals surface area contributed by atoms with E-state index in [2.05, 4.69) is 0 Å². The van der Waals surface area contributed by atoms with Crippen LogP contribution in [0, 0.1) is 0 Å². The number of carbonyl (C=O) groups is 2. The quantitative estimate of drug-likeness (QED) is 0.720. The minimum atomic E-state index is -0.940. The molecule has 1 fully saturated rings. The Morgan fingerprint density at radius 1 is 1.26 bits per heavy atom. The smallest absolute Gasteiger partial charge is 0.326 e. The van der Waals surface area contributed by atoms with Crippen molar-refractivity contribution in [3.63, 3.8) is 0 Å². The normalized spacial score (nSPS) is 18.6. The monoisotopic (exact) mass is 274 g/mol. The number of carboxylic acids is 1. The van der Waals surface area contributed by atoms with Crippen molar-refractivity contribution in [1.82, 2.24) is 9.80 Å². The molecule has 1 rings (SSSR count). The van der Waals surface area contributed by atoms with Gasteiger partial charge in [0.25, 0.3) is 0 Å². The third-order valence-corrected chi connectivity index (χ3v) is 3.18. The second-order valence-electron chi connectivity index (χ2n) is 4.44. The van der Waals surface area contributed by atoms with Crippen LogP contribution in [0.1, 0.15) is 12.8 Å². The predicted octanol–water partition coefficient (Wildman–Crippen LogP) is 0.250. The van der Waals surface area contributed by atoms with E-state index >= 15 is 0 Å². The number of nitrogens with zero attached hydrogens (tertiary/aromatic N) is 2. The molecule has 1 N–H and O–H groups in total. The summed E-state index contributed by atoms with van der Waals surface area (Å²) >= 11 is 0. The molecule has 1 atom stereocenters. The second kappa shape index (κ2) is 7.96. The second-order valence-corrected chi connectivity index (χ2v) is 4.44. The van der Waals surface area contributed by atoms with Crippen molar-refractivity contribution in [3.05, 3.63) is 0 Å². The van der Waals surface area contributed by atoms with Crippen LogP contribution in [-0.4, -0.2) is 80.0 Å². The number of likely N-dealkylation sites (tertiary alicyclic amines) is 1. The van der Waals surface area contributed by atoms with Crippen molar-refractivity contribution < 1.29 is 24.2 Å². The molecule has 0 spiro atoms. The fraction of sp³-hybridized carbons (Fsp3) is 0.833. The molecule has 1 aliphatic heterocycles. The average Bonchev–Trinajstić information content (AvgIpc) is 2.87. The van der Waals surface area contributed by atoms with E-state index in [-0.39, 0.29) is 6.03 Å². The summed E-state index contributed by atoms with van der Waals surface area (Å²) in [5.41, 5.74) is 0. The van der Waals surface area contributed by atoms with Gasteiger partial charge in [0.2, 0.25) is 0 Å². The van der Waals surface area contributed by atoms with Crippen LogP contribution in [0.25, 0.3) is 0 Å². The molecule has 1 aliphatic rings. The maximum absolute atomic E-state index is 12.3. The van der Waals surface area contributed by atoms with Gasteiger partial charge in [-0.2, -0.15) is 0 Å². The van der Waals surface area contributed by atoms with E-state index in [1.165, 1.54) is 4.90 Å². The molecule has 1 saturated heterocycles. The van der Waals surface area contributed by atoms with Crippen LogP contribution >= 0.6 is 0 Å². The van der Waals surface area contributed by atoms with Gasteiger partial charge in [-0.3, -0.25) is 0 Å². The number of ether oxygens (including phenoxy) is 2. The minimum absolute atomic E-state index is 0.251. The highest BCUT2D eigenvalue weighted by molar-refractivity contribution is 5.83. The maximum atomic E-state index is 12.3. The number of hydrogen-bond acceptors (Lipinski definition) is 4. The average molecular weight is 274 g/mol. The molecule has 0 aromatic carbocycles. The summed E-state index contributed by atoms with van der Waals surface area (Å²) in [6, 6.07) is -0.959. The first-order valence-electron chi connectivity index (χ1n) is 6.38. The van der Waals surface area contributed by atoms with Gasteiger partial charge in [-0.25, -0.2) is 9.59 Å². The molecule has 0 aliphatic carbocycles. The zero-order valence-corrected chi connectivity index (χ0v) is 11.5. The van der Waals surface area contributed by atoms with Gasteiger partial charge >= 0.3 is 12.0 Å². The first-order chi connectivity index (χ1) is 9.11. The van der Waals surface area contributed by atoms with Gasteiger partial charge in [-0.1, -0.05) is 0 Å². The lowest BCUT2D eigenvalue weighted by molar-refractivity contribution is -0.141. The molecule has 110 valence electrons. The lowest BCUT2D eigenvalue weighted by atomic mass is 10.2. The third-order valence-electron chi connectivity index (χ3n) is 3.18. The van der Waals surface area contributed by atoms with Gasteiger partial charge < -0.3 is 24.4 Å². The molecule has 0 aromatic heterocycles. The lowest BCUT2D eigenvalue weighted by Crippen LogP contribution is -2.49. The Bertz CT molecular complexity index is 302. The Balaban J connectivity index is 2.65. The van der Waals surface area contributed by atoms with Crippen molar-refractivity contribution in [2.45, 2.75) is 18.9 Å². The van der Waals surface area contributed by atoms with Crippen molar-refractivity contribution >= 4 is 12.0 Å². The molecule has 1 unspecified atom stereocenters. The zero-order valence-electron chi connectivity index (χ0n) is 11.5. The van der Waals surface area contributed by atoms with E-state index in [9.17, 15) is 9.59 Å². The number of hydrogen-bond donors (Lipinski definition) is 1. The van der Waals surface area contributed by atoms with E-state index in [4.69, 9.17) is 14.6 Å². The van der Waals surface area contributed by atoms with E-state index < -0.39 is 12.0 Å². The highest BCUT2D eigenvalue weighted by Gasteiger charge is 2.35. The molecule has 0 saturated carbocycles. The van der Waals surface area contributed by atoms with Gasteiger partial charge in [-0.05, 0) is 12.8 Å². The molecule has 0 bridgehead atoms. The van der Waals surface area contributed by atoms with E-state index in [0.29, 0.717) is 39.3 Å². The lowest BCUT2D eigenvalue weighted by Gasteiger charge is -2.30. The molecule has 19 heavy (non-hydrogen) atoms. The summed E-state index contributed by atoms with van der Waals surface area (Å²) < 4.78 is 9.94. The van der Waals surface area contributed by atoms with E-state index in [0.717, 1.165) is 6.42 Å². The largest absolute Gasteiger partial charge is 0.480 e. The number of urea groups is 1. The van der Waals surface area contributed by atoms with E-state index in [1.54, 1.807) is 19.1 Å². The number of carbonyl (C=O) groups excluding carboxylic acids is 1. The number of carboxylic acid groups (broad SMARTS) is 1. The van der Waals surface area contributed by atoms with Crippen LogP contribution in [0.2, 0.25) is 0 Å². The number of methoxy groups -OCH3 is 2. The van der Waals surface area contributed by atoms with Crippen LogP contribution in [0.15, 0.2) is 0 Å². The first-order valence-corrected chi connectivity index (χ1v) is 6.38. The molecule has 0 radical (unpaired) electrons. The molecular weight excluding hydrogens is 252 g/mol. The highest BCUT2D eigenvalue weighted by atomic mass is 16.5. The first kappa shape index (κ1) is 15.7. The zero-order chi connectivity index (χ0) is 14.3. The van der Waals surface area contributed by atoms with Gasteiger partial charge in [-0.15, -0.1) is 0 Å². The van der Waals surface area contributed by atoms with Gasteiger partial charge in [0.1, 0.15) is 6.04 Å². The molecule has 0 aromatic rings. The fourth-order valence-corrected chi connectivity index (χ4v) is 2.14. The number of aliphatic carboxylic acids is 1. The Hall–Kier alpha value is -1.34. The standard InChI is InChI=1S/C12H22N2O5/c1-18-8-6-13(7-9-19-2)12(17)14-5-3-4-10(14)11(15)16/h10H,3-9H2,1-2H3,(H,15,16). The van der Waals surface area contributed by atoms with Crippen molar-refractivity contribution in [3.8, 4) is 0 Å². The summed E-state index contributed by atoms with van der Waals surface area (Å²) in [6.45, 7) is 2.19. The number of amides is 2. The van der Waals surface area contributed by atoms with Crippen molar-refractivity contribution in [2.75, 3.05) is 47.1 Å². The van der Waals surface area contributed by atoms with Crippen molar-refractivity contribution in [1.29, 1.82) is 0 Å². The fourth-order valence-electron chi connectivity index (χ4n) is 2.14. The van der Waals surface area contributed by atoms with Crippen LogP contribution < -0.4 is 0 Å². The molecule has 1 heterocycles. The minimum Gasteiger partial charge on any atom is -0.480 e. The van der Waals surface area contributed by atoms with Crippen LogP contribution in [-0.2, 0) is 14.3 Å². The van der Waals surface area contributed by atoms with Gasteiger partial charge in [0.05, 0.1) is 13.2 Å². The molecule has 7 heteroatoms. The van der Waals surface area contributed by atoms with Gasteiger partial charge in [0, 0.05) is 33.9 Å². The Labute approximate surface area is 113 Å². The highest BCUT2D eigenvalue weighted by Crippen LogP contribution is 2.19. The van der Waals surface area contributed by atoms with Crippen LogP contribution in [0.5, 0.6) is 0 Å². The van der Waals surface area contributed by atoms with Crippen molar-refractivity contribution in [2.24, 2.45) is 0 Å². The topological polar surface area (TPSA) is 79.3 Å². The van der Waals surface area contributed by atoms with Gasteiger partial charge in [0.15, 0.2) is 0 Å². The summed E-state index contributed by atoms with van der Waals surface area (Å²) in [4.78, 5) is 26.5. The van der Waals surface area contributed by atoms with Crippen LogP contribution in [0.4, 0.5) is 4.79 Å². The predicted molar refractivity (Wildman–Crippen MR) is 68.1 cm³/mol. The Morgan fingerprint density at radius 2 is 1.84 bits per heavy atom. The Morgan fingerprint density at radius 3 is 2.32 bits per heavy atom. The van der Waals surface area contributed by atoms with E-state index in [1.807, 2.05) is 0 Å². The van der Waals surface area contributed by atoms with Crippen LogP contribution in [0.3, 0.4) is 0 Å². The number of rotatable bonds is 7. The summed E-state index contributed by atoms with van der Waals surface area (Å²) in [5, 5.41) is 9.10. The summed E-state index contributed by atoms with van der Waals surface area (Å²) in [6.07, 6.45) is 1.24. The SMILES string of the molecule is COCCN(CCOC)C(=O)N1CCCC1C(=O)O. The summed E-state index contributed by atoms with van der Waals surface area (Å²) in [5.74, 6) is -0.940. The molecular formula is C12H22N2O5. The third kappa shape index (κ3) is 4.36. The molecule has 7 nitrogen and oxygen atoms in total.